The highest BCUT2D eigenvalue weighted by atomic mass is 32.2. The zero-order chi connectivity index (χ0) is 16.8. The molecule has 1 amide bonds. The zero-order valence-electron chi connectivity index (χ0n) is 14.0. The quantitative estimate of drug-likeness (QED) is 0.786. The smallest absolute Gasteiger partial charge is 0.220 e. The van der Waals surface area contributed by atoms with Gasteiger partial charge in [0.2, 0.25) is 5.91 Å². The number of fused-ring (bicyclic) bond motifs is 1. The lowest BCUT2D eigenvalue weighted by Crippen LogP contribution is -2.30. The lowest BCUT2D eigenvalue weighted by Gasteiger charge is -2.25. The van der Waals surface area contributed by atoms with Crippen LogP contribution in [0.25, 0.3) is 0 Å². The molecule has 0 saturated heterocycles. The van der Waals surface area contributed by atoms with Crippen molar-refractivity contribution in [3.63, 3.8) is 0 Å². The maximum Gasteiger partial charge on any atom is 0.220 e. The molecule has 0 saturated carbocycles. The van der Waals surface area contributed by atoms with Crippen LogP contribution in [0.1, 0.15) is 36.4 Å². The second-order valence-electron chi connectivity index (χ2n) is 6.06. The fourth-order valence-corrected chi connectivity index (χ4v) is 4.01. The lowest BCUT2D eigenvalue weighted by atomic mass is 10.0. The second-order valence-corrected chi connectivity index (χ2v) is 7.20. The number of carbonyl (C=O) groups excluding carboxylic acids is 1. The fraction of sp³-hybridized carbons (Fsp3) is 0.350. The monoisotopic (exact) mass is 341 g/mol. The number of carbonyl (C=O) groups is 1. The molecule has 1 aliphatic rings. The highest BCUT2D eigenvalue weighted by Crippen LogP contribution is 2.35. The SMILES string of the molecule is Cc1cccc(OCCCC(=O)NC2CCSc3ccccc32)c1. The lowest BCUT2D eigenvalue weighted by molar-refractivity contribution is -0.122. The molecule has 24 heavy (non-hydrogen) atoms. The van der Waals surface area contributed by atoms with E-state index >= 15 is 0 Å². The molecule has 0 bridgehead atoms. The van der Waals surface area contributed by atoms with Crippen molar-refractivity contribution in [2.24, 2.45) is 0 Å². The first-order chi connectivity index (χ1) is 11.7. The third-order valence-corrected chi connectivity index (χ3v) is 5.22. The van der Waals surface area contributed by atoms with Crippen LogP contribution in [0.3, 0.4) is 0 Å². The summed E-state index contributed by atoms with van der Waals surface area (Å²) in [6.45, 7) is 2.61. The summed E-state index contributed by atoms with van der Waals surface area (Å²) in [6.07, 6.45) is 2.22. The normalized spacial score (nSPS) is 16.3. The van der Waals surface area contributed by atoms with Gasteiger partial charge in [0.25, 0.3) is 0 Å². The number of rotatable bonds is 6. The Kier molecular flexibility index (Phi) is 5.81. The van der Waals surface area contributed by atoms with E-state index in [0.29, 0.717) is 13.0 Å². The van der Waals surface area contributed by atoms with Crippen LogP contribution >= 0.6 is 11.8 Å². The van der Waals surface area contributed by atoms with Gasteiger partial charge in [0.1, 0.15) is 5.75 Å². The predicted molar refractivity (Wildman–Crippen MR) is 98.6 cm³/mol. The summed E-state index contributed by atoms with van der Waals surface area (Å²) in [5.74, 6) is 2.03. The van der Waals surface area contributed by atoms with E-state index in [4.69, 9.17) is 4.74 Å². The van der Waals surface area contributed by atoms with Crippen LogP contribution in [0.15, 0.2) is 53.4 Å². The molecule has 0 fully saturated rings. The van der Waals surface area contributed by atoms with E-state index in [1.807, 2.05) is 49.0 Å². The minimum absolute atomic E-state index is 0.106. The van der Waals surface area contributed by atoms with Crippen molar-refractivity contribution in [2.45, 2.75) is 37.1 Å². The molecule has 3 nitrogen and oxygen atoms in total. The molecule has 4 heteroatoms. The largest absolute Gasteiger partial charge is 0.494 e. The molecule has 0 aliphatic carbocycles. The van der Waals surface area contributed by atoms with Gasteiger partial charge in [-0.15, -0.1) is 11.8 Å². The van der Waals surface area contributed by atoms with Crippen LogP contribution in [0.5, 0.6) is 5.75 Å². The van der Waals surface area contributed by atoms with Gasteiger partial charge >= 0.3 is 0 Å². The third kappa shape index (κ3) is 4.54. The van der Waals surface area contributed by atoms with Crippen molar-refractivity contribution in [1.29, 1.82) is 0 Å². The van der Waals surface area contributed by atoms with Crippen molar-refractivity contribution in [2.75, 3.05) is 12.4 Å². The third-order valence-electron chi connectivity index (χ3n) is 4.10. The van der Waals surface area contributed by atoms with E-state index in [-0.39, 0.29) is 11.9 Å². The Morgan fingerprint density at radius 3 is 3.00 bits per heavy atom. The Labute approximate surface area is 147 Å². The van der Waals surface area contributed by atoms with Crippen LogP contribution in [0, 0.1) is 6.92 Å². The van der Waals surface area contributed by atoms with E-state index in [1.54, 1.807) is 0 Å². The first kappa shape index (κ1) is 16.9. The van der Waals surface area contributed by atoms with Crippen LogP contribution < -0.4 is 10.1 Å². The van der Waals surface area contributed by atoms with Gasteiger partial charge in [-0.1, -0.05) is 30.3 Å². The zero-order valence-corrected chi connectivity index (χ0v) is 14.8. The summed E-state index contributed by atoms with van der Waals surface area (Å²) in [5, 5.41) is 3.18. The molecule has 0 radical (unpaired) electrons. The number of nitrogens with one attached hydrogen (secondary N) is 1. The molecule has 1 N–H and O–H groups in total. The molecule has 1 heterocycles. The van der Waals surface area contributed by atoms with Crippen molar-refractivity contribution in [1.82, 2.24) is 5.32 Å². The molecule has 2 aromatic rings. The topological polar surface area (TPSA) is 38.3 Å². The van der Waals surface area contributed by atoms with Gasteiger partial charge in [0, 0.05) is 17.1 Å². The molecule has 1 atom stereocenters. The molecular formula is C20H23NO2S. The first-order valence-electron chi connectivity index (χ1n) is 8.43. The average Bonchev–Trinajstić information content (AvgIpc) is 2.59. The summed E-state index contributed by atoms with van der Waals surface area (Å²) >= 11 is 1.87. The van der Waals surface area contributed by atoms with Gasteiger partial charge in [-0.3, -0.25) is 4.79 Å². The Bertz CT molecular complexity index is 702. The summed E-state index contributed by atoms with van der Waals surface area (Å²) in [4.78, 5) is 13.5. The molecule has 2 aromatic carbocycles. The average molecular weight is 341 g/mol. The Hall–Kier alpha value is -1.94. The van der Waals surface area contributed by atoms with Crippen molar-refractivity contribution < 1.29 is 9.53 Å². The van der Waals surface area contributed by atoms with Crippen LogP contribution in [0.2, 0.25) is 0 Å². The minimum Gasteiger partial charge on any atom is -0.494 e. The van der Waals surface area contributed by atoms with E-state index in [9.17, 15) is 4.79 Å². The maximum atomic E-state index is 12.2. The highest BCUT2D eigenvalue weighted by Gasteiger charge is 2.21. The van der Waals surface area contributed by atoms with Crippen LogP contribution in [-0.4, -0.2) is 18.3 Å². The maximum absolute atomic E-state index is 12.2. The van der Waals surface area contributed by atoms with E-state index < -0.39 is 0 Å². The summed E-state index contributed by atoms with van der Waals surface area (Å²) in [7, 11) is 0. The molecule has 3 rings (SSSR count). The summed E-state index contributed by atoms with van der Waals surface area (Å²) in [5.41, 5.74) is 2.43. The van der Waals surface area contributed by atoms with Crippen LogP contribution in [0.4, 0.5) is 0 Å². The number of amides is 1. The second kappa shape index (κ2) is 8.25. The summed E-state index contributed by atoms with van der Waals surface area (Å²) < 4.78 is 5.70. The number of ether oxygens (including phenoxy) is 1. The van der Waals surface area contributed by atoms with Gasteiger partial charge in [-0.05, 0) is 49.1 Å². The predicted octanol–water partition coefficient (Wildman–Crippen LogP) is 4.51. The Balaban J connectivity index is 1.43. The molecular weight excluding hydrogens is 318 g/mol. The number of benzene rings is 2. The van der Waals surface area contributed by atoms with E-state index in [0.717, 1.165) is 24.3 Å². The standard InChI is InChI=1S/C20H23NO2S/c1-15-6-4-7-16(14-15)23-12-5-10-20(22)21-18-11-13-24-19-9-3-2-8-17(18)19/h2-4,6-9,14,18H,5,10-13H2,1H3,(H,21,22). The van der Waals surface area contributed by atoms with E-state index in [1.165, 1.54) is 16.0 Å². The van der Waals surface area contributed by atoms with Gasteiger partial charge in [-0.25, -0.2) is 0 Å². The van der Waals surface area contributed by atoms with E-state index in [2.05, 4.69) is 23.5 Å². The van der Waals surface area contributed by atoms with Gasteiger partial charge in [0.05, 0.1) is 12.6 Å². The summed E-state index contributed by atoms with van der Waals surface area (Å²) in [6, 6.07) is 16.5. The minimum atomic E-state index is 0.106. The van der Waals surface area contributed by atoms with Gasteiger partial charge in [-0.2, -0.15) is 0 Å². The molecule has 126 valence electrons. The Morgan fingerprint density at radius 2 is 2.12 bits per heavy atom. The highest BCUT2D eigenvalue weighted by molar-refractivity contribution is 7.99. The fourth-order valence-electron chi connectivity index (χ4n) is 2.89. The number of thioether (sulfide) groups is 1. The number of hydrogen-bond donors (Lipinski definition) is 1. The van der Waals surface area contributed by atoms with Crippen molar-refractivity contribution >= 4 is 17.7 Å². The van der Waals surface area contributed by atoms with Crippen LogP contribution in [-0.2, 0) is 4.79 Å². The number of hydrogen-bond acceptors (Lipinski definition) is 3. The van der Waals surface area contributed by atoms with Gasteiger partial charge in [0.15, 0.2) is 0 Å². The Morgan fingerprint density at radius 1 is 1.25 bits per heavy atom. The molecule has 1 unspecified atom stereocenters. The molecule has 1 aliphatic heterocycles. The van der Waals surface area contributed by atoms with Crippen molar-refractivity contribution in [3.8, 4) is 5.75 Å². The van der Waals surface area contributed by atoms with Gasteiger partial charge < -0.3 is 10.1 Å². The van der Waals surface area contributed by atoms with Crippen molar-refractivity contribution in [3.05, 3.63) is 59.7 Å². The molecule has 0 spiro atoms. The first-order valence-corrected chi connectivity index (χ1v) is 9.41. The number of aryl methyl sites for hydroxylation is 1. The molecule has 0 aromatic heterocycles.